The lowest BCUT2D eigenvalue weighted by molar-refractivity contribution is -0.143. The number of nitrogens with one attached hydrogen (secondary N) is 1. The van der Waals surface area contributed by atoms with Crippen LogP contribution in [-0.2, 0) is 14.3 Å². The van der Waals surface area contributed by atoms with Gasteiger partial charge >= 0.3 is 5.97 Å². The van der Waals surface area contributed by atoms with Crippen molar-refractivity contribution in [2.24, 2.45) is 0 Å². The average molecular weight is 915 g/mol. The minimum absolute atomic E-state index is 0.00132. The van der Waals surface area contributed by atoms with E-state index >= 15 is 0 Å². The van der Waals surface area contributed by atoms with Gasteiger partial charge in [-0.2, -0.15) is 0 Å². The van der Waals surface area contributed by atoms with Gasteiger partial charge in [0.05, 0.1) is 25.4 Å². The summed E-state index contributed by atoms with van der Waals surface area (Å²) in [5, 5.41) is 23.0. The molecule has 0 saturated heterocycles. The number of esters is 1. The van der Waals surface area contributed by atoms with E-state index < -0.39 is 12.1 Å². The molecule has 0 aliphatic heterocycles. The SMILES string of the molecule is CCCCCCC/C=C\CCCCCCCC(=O)OCCCCCCCCCCCC/C=C\CCCCCCCCCC(=O)NC(CO)C(O)/C=C/CCCCCCCCCCCCC. The maximum absolute atomic E-state index is 12.4. The van der Waals surface area contributed by atoms with Gasteiger partial charge in [-0.3, -0.25) is 9.59 Å². The Morgan fingerprint density at radius 1 is 0.415 bits per heavy atom. The zero-order valence-electron chi connectivity index (χ0n) is 43.5. The van der Waals surface area contributed by atoms with Crippen LogP contribution in [0.2, 0.25) is 0 Å². The molecule has 2 atom stereocenters. The molecule has 0 aromatic rings. The molecule has 3 N–H and O–H groups in total. The fourth-order valence-electron chi connectivity index (χ4n) is 8.68. The van der Waals surface area contributed by atoms with E-state index in [1.54, 1.807) is 6.08 Å². The summed E-state index contributed by atoms with van der Waals surface area (Å²) in [4.78, 5) is 24.5. The van der Waals surface area contributed by atoms with E-state index in [-0.39, 0.29) is 18.5 Å². The van der Waals surface area contributed by atoms with Gasteiger partial charge in [0.15, 0.2) is 0 Å². The Kier molecular flexibility index (Phi) is 53.1. The van der Waals surface area contributed by atoms with Gasteiger partial charge in [-0.25, -0.2) is 0 Å². The van der Waals surface area contributed by atoms with Crippen LogP contribution in [0.4, 0.5) is 0 Å². The highest BCUT2D eigenvalue weighted by atomic mass is 16.5. The highest BCUT2D eigenvalue weighted by Gasteiger charge is 2.18. The van der Waals surface area contributed by atoms with Gasteiger partial charge in [-0.1, -0.05) is 243 Å². The van der Waals surface area contributed by atoms with E-state index in [1.165, 1.54) is 225 Å². The first-order valence-electron chi connectivity index (χ1n) is 28.8. The van der Waals surface area contributed by atoms with Crippen LogP contribution in [0.15, 0.2) is 36.5 Å². The number of allylic oxidation sites excluding steroid dienone is 5. The average Bonchev–Trinajstić information content (AvgIpc) is 3.31. The zero-order chi connectivity index (χ0) is 47.2. The van der Waals surface area contributed by atoms with Crippen LogP contribution in [0.5, 0.6) is 0 Å². The molecule has 0 aromatic carbocycles. The normalized spacial score (nSPS) is 12.9. The third-order valence-corrected chi connectivity index (χ3v) is 13.1. The van der Waals surface area contributed by atoms with Crippen LogP contribution in [0, 0.1) is 0 Å². The molecular formula is C59H111NO5. The van der Waals surface area contributed by atoms with Crippen molar-refractivity contribution in [3.63, 3.8) is 0 Å². The number of hydrogen-bond donors (Lipinski definition) is 3. The Morgan fingerprint density at radius 3 is 1.09 bits per heavy atom. The third kappa shape index (κ3) is 51.3. The fraction of sp³-hybridized carbons (Fsp3) is 0.864. The molecule has 0 aromatic heterocycles. The maximum atomic E-state index is 12.4. The minimum atomic E-state index is -0.849. The van der Waals surface area contributed by atoms with Crippen molar-refractivity contribution in [2.75, 3.05) is 13.2 Å². The molecule has 0 aliphatic rings. The summed E-state index contributed by atoms with van der Waals surface area (Å²) in [5.74, 6) is -0.0776. The zero-order valence-corrected chi connectivity index (χ0v) is 43.5. The maximum Gasteiger partial charge on any atom is 0.305 e. The van der Waals surface area contributed by atoms with Crippen LogP contribution in [-0.4, -0.2) is 47.4 Å². The molecule has 0 bridgehead atoms. The van der Waals surface area contributed by atoms with E-state index in [0.29, 0.717) is 19.4 Å². The Bertz CT molecular complexity index is 1060. The van der Waals surface area contributed by atoms with E-state index in [4.69, 9.17) is 4.74 Å². The Hall–Kier alpha value is -1.92. The van der Waals surface area contributed by atoms with Gasteiger partial charge in [0.1, 0.15) is 0 Å². The smallest absolute Gasteiger partial charge is 0.305 e. The highest BCUT2D eigenvalue weighted by Crippen LogP contribution is 2.16. The van der Waals surface area contributed by atoms with E-state index in [1.807, 2.05) is 6.08 Å². The van der Waals surface area contributed by atoms with Crippen molar-refractivity contribution in [1.29, 1.82) is 0 Å². The summed E-state index contributed by atoms with van der Waals surface area (Å²) < 4.78 is 5.47. The Balaban J connectivity index is 3.45. The van der Waals surface area contributed by atoms with Crippen LogP contribution in [0.3, 0.4) is 0 Å². The quantitative estimate of drug-likeness (QED) is 0.0321. The monoisotopic (exact) mass is 914 g/mol. The molecule has 382 valence electrons. The van der Waals surface area contributed by atoms with Crippen molar-refractivity contribution in [1.82, 2.24) is 5.32 Å². The van der Waals surface area contributed by atoms with Gasteiger partial charge in [0.25, 0.3) is 0 Å². The van der Waals surface area contributed by atoms with Crippen molar-refractivity contribution >= 4 is 11.9 Å². The van der Waals surface area contributed by atoms with Gasteiger partial charge < -0.3 is 20.3 Å². The molecule has 0 aliphatic carbocycles. The van der Waals surface area contributed by atoms with Crippen LogP contribution >= 0.6 is 0 Å². The summed E-state index contributed by atoms with van der Waals surface area (Å²) in [6, 6.07) is -0.633. The largest absolute Gasteiger partial charge is 0.466 e. The summed E-state index contributed by atoms with van der Waals surface area (Å²) in [6.07, 6.45) is 67.4. The van der Waals surface area contributed by atoms with E-state index in [0.717, 1.165) is 51.4 Å². The van der Waals surface area contributed by atoms with E-state index in [9.17, 15) is 19.8 Å². The number of rotatable bonds is 53. The predicted octanol–water partition coefficient (Wildman–Crippen LogP) is 17.6. The van der Waals surface area contributed by atoms with Gasteiger partial charge in [0.2, 0.25) is 5.91 Å². The summed E-state index contributed by atoms with van der Waals surface area (Å²) in [5.41, 5.74) is 0. The van der Waals surface area contributed by atoms with Crippen molar-refractivity contribution in [3.05, 3.63) is 36.5 Å². The molecule has 1 amide bonds. The number of hydrogen-bond acceptors (Lipinski definition) is 5. The first-order chi connectivity index (χ1) is 32.0. The van der Waals surface area contributed by atoms with E-state index in [2.05, 4.69) is 43.5 Å². The lowest BCUT2D eigenvalue weighted by Crippen LogP contribution is -2.45. The minimum Gasteiger partial charge on any atom is -0.466 e. The van der Waals surface area contributed by atoms with Crippen LogP contribution < -0.4 is 5.32 Å². The number of unbranched alkanes of at least 4 members (excludes halogenated alkanes) is 38. The number of aliphatic hydroxyl groups excluding tert-OH is 2. The number of carbonyl (C=O) groups excluding carboxylic acids is 2. The molecular weight excluding hydrogens is 803 g/mol. The lowest BCUT2D eigenvalue weighted by Gasteiger charge is -2.20. The molecule has 6 heteroatoms. The molecule has 0 rings (SSSR count). The molecule has 0 fully saturated rings. The van der Waals surface area contributed by atoms with Crippen molar-refractivity contribution in [3.8, 4) is 0 Å². The molecule has 0 heterocycles. The number of ether oxygens (including phenoxy) is 1. The van der Waals surface area contributed by atoms with Crippen molar-refractivity contribution in [2.45, 2.75) is 315 Å². The van der Waals surface area contributed by atoms with Crippen molar-refractivity contribution < 1.29 is 24.5 Å². The first-order valence-corrected chi connectivity index (χ1v) is 28.8. The lowest BCUT2D eigenvalue weighted by atomic mass is 10.0. The highest BCUT2D eigenvalue weighted by molar-refractivity contribution is 5.76. The second-order valence-electron chi connectivity index (χ2n) is 19.6. The second kappa shape index (κ2) is 54.7. The fourth-order valence-corrected chi connectivity index (χ4v) is 8.68. The molecule has 0 spiro atoms. The summed E-state index contributed by atoms with van der Waals surface area (Å²) >= 11 is 0. The first kappa shape index (κ1) is 63.1. The number of amides is 1. The second-order valence-corrected chi connectivity index (χ2v) is 19.6. The summed E-state index contributed by atoms with van der Waals surface area (Å²) in [6.45, 7) is 4.88. The molecule has 2 unspecified atom stereocenters. The topological polar surface area (TPSA) is 95.9 Å². The Morgan fingerprint density at radius 2 is 0.723 bits per heavy atom. The third-order valence-electron chi connectivity index (χ3n) is 13.1. The van der Waals surface area contributed by atoms with Crippen LogP contribution in [0.1, 0.15) is 303 Å². The Labute approximate surface area is 404 Å². The predicted molar refractivity (Wildman–Crippen MR) is 283 cm³/mol. The number of carbonyl (C=O) groups is 2. The number of aliphatic hydroxyl groups is 2. The van der Waals surface area contributed by atoms with Gasteiger partial charge in [-0.05, 0) is 83.5 Å². The standard InChI is InChI=1S/C59H111NO5/c1-3-5-7-9-11-13-15-17-29-33-37-41-45-49-53-59(64)65-54-50-46-42-38-34-30-26-24-22-20-18-19-21-23-25-28-32-36-40-44-48-52-58(63)60-56(55-61)57(62)51-47-43-39-35-31-27-16-14-12-10-8-6-4-2/h15,17,19,21,47,51,56-57,61-62H,3-14,16,18,20,22-46,48-50,52-55H2,1-2H3,(H,60,63)/b17-15-,21-19-,51-47+. The van der Waals surface area contributed by atoms with Gasteiger partial charge in [0, 0.05) is 12.8 Å². The van der Waals surface area contributed by atoms with Crippen LogP contribution in [0.25, 0.3) is 0 Å². The van der Waals surface area contributed by atoms with Gasteiger partial charge in [-0.15, -0.1) is 0 Å². The summed E-state index contributed by atoms with van der Waals surface area (Å²) in [7, 11) is 0. The molecule has 0 radical (unpaired) electrons. The molecule has 0 saturated carbocycles. The molecule has 6 nitrogen and oxygen atoms in total. The molecule has 65 heavy (non-hydrogen) atoms.